The third-order valence-corrected chi connectivity index (χ3v) is 8.13. The van der Waals surface area contributed by atoms with Crippen molar-refractivity contribution in [1.29, 1.82) is 0 Å². The van der Waals surface area contributed by atoms with Crippen LogP contribution in [0.4, 0.5) is 0 Å². The molecule has 2 bridgehead atoms. The van der Waals surface area contributed by atoms with E-state index in [0.717, 1.165) is 24.8 Å². The molecule has 6 heteroatoms. The third kappa shape index (κ3) is 3.04. The van der Waals surface area contributed by atoms with Gasteiger partial charge in [0.15, 0.2) is 11.5 Å². The summed E-state index contributed by atoms with van der Waals surface area (Å²) in [6.45, 7) is 7.22. The van der Waals surface area contributed by atoms with E-state index in [1.807, 2.05) is 13.0 Å². The van der Waals surface area contributed by atoms with E-state index in [0.29, 0.717) is 41.4 Å². The number of hydrogen-bond donors (Lipinski definition) is 1. The zero-order valence-electron chi connectivity index (χ0n) is 18.0. The second-order valence-electron chi connectivity index (χ2n) is 9.42. The number of carbonyl (C=O) groups excluding carboxylic acids is 1. The minimum absolute atomic E-state index is 0.0441. The summed E-state index contributed by atoms with van der Waals surface area (Å²) in [4.78, 5) is 12.4. The Labute approximate surface area is 178 Å². The fourth-order valence-electron chi connectivity index (χ4n) is 6.53. The highest BCUT2D eigenvalue weighted by Gasteiger charge is 2.68. The average molecular weight is 422 g/mol. The van der Waals surface area contributed by atoms with Crippen LogP contribution in [0.25, 0.3) is 0 Å². The lowest BCUT2D eigenvalue weighted by atomic mass is 9.58. The van der Waals surface area contributed by atoms with Crippen LogP contribution in [0.1, 0.15) is 58.1 Å². The van der Waals surface area contributed by atoms with Gasteiger partial charge in [-0.15, -0.1) is 0 Å². The number of amides is 1. The Kier molecular flexibility index (Phi) is 5.27. The van der Waals surface area contributed by atoms with Crippen molar-refractivity contribution in [2.45, 2.75) is 58.6 Å². The molecule has 1 aliphatic heterocycles. The molecule has 1 saturated heterocycles. The summed E-state index contributed by atoms with van der Waals surface area (Å²) in [6, 6.07) is 3.88. The van der Waals surface area contributed by atoms with Crippen molar-refractivity contribution in [1.82, 2.24) is 5.32 Å². The lowest BCUT2D eigenvalue weighted by molar-refractivity contribution is -0.137. The molecule has 1 N–H and O–H groups in total. The van der Waals surface area contributed by atoms with Crippen LogP contribution in [0.3, 0.4) is 0 Å². The molecule has 3 aliphatic rings. The van der Waals surface area contributed by atoms with Gasteiger partial charge in [-0.1, -0.05) is 32.4 Å². The minimum atomic E-state index is -0.117. The molecule has 1 heterocycles. The summed E-state index contributed by atoms with van der Waals surface area (Å²) in [5.41, 5.74) is 1.08. The molecule has 0 aromatic heterocycles. The molecule has 1 spiro atoms. The number of halogens is 1. The smallest absolute Gasteiger partial charge is 0.219 e. The largest absolute Gasteiger partial charge is 0.493 e. The first-order chi connectivity index (χ1) is 13.8. The molecule has 29 heavy (non-hydrogen) atoms. The Balaban J connectivity index is 1.76. The summed E-state index contributed by atoms with van der Waals surface area (Å²) in [5.74, 6) is 2.32. The minimum Gasteiger partial charge on any atom is -0.493 e. The maximum atomic E-state index is 12.4. The summed E-state index contributed by atoms with van der Waals surface area (Å²) < 4.78 is 17.6. The van der Waals surface area contributed by atoms with Crippen LogP contribution >= 0.6 is 11.6 Å². The predicted molar refractivity (Wildman–Crippen MR) is 113 cm³/mol. The number of methoxy groups -OCH3 is 2. The fraction of sp³-hybridized carbons (Fsp3) is 0.696. The molecule has 3 fully saturated rings. The van der Waals surface area contributed by atoms with Crippen molar-refractivity contribution in [3.8, 4) is 11.5 Å². The number of benzene rings is 1. The van der Waals surface area contributed by atoms with Crippen LogP contribution in [-0.4, -0.2) is 32.8 Å². The van der Waals surface area contributed by atoms with E-state index >= 15 is 0 Å². The number of fused-ring (bicyclic) bond motifs is 1. The van der Waals surface area contributed by atoms with E-state index < -0.39 is 0 Å². The second kappa shape index (κ2) is 7.35. The van der Waals surface area contributed by atoms with E-state index in [2.05, 4.69) is 19.2 Å². The summed E-state index contributed by atoms with van der Waals surface area (Å²) in [5, 5.41) is 4.01. The number of nitrogens with one attached hydrogen (secondary N) is 1. The molecule has 5 atom stereocenters. The Hall–Kier alpha value is -1.46. The van der Waals surface area contributed by atoms with Crippen LogP contribution in [-0.2, 0) is 9.53 Å². The van der Waals surface area contributed by atoms with Gasteiger partial charge in [-0.2, -0.15) is 0 Å². The van der Waals surface area contributed by atoms with Crippen LogP contribution in [0, 0.1) is 22.7 Å². The SMILES string of the molecule is CCC(=O)N[C@H]1C(C)(C)[C@@H]2C[C@@H]3[C@@H](c4cc(Cl)cc(OC)c4OC)OCC[C@@]31C2. The maximum Gasteiger partial charge on any atom is 0.219 e. The van der Waals surface area contributed by atoms with E-state index in [-0.39, 0.29) is 28.9 Å². The number of ether oxygens (including phenoxy) is 3. The van der Waals surface area contributed by atoms with Crippen molar-refractivity contribution in [3.63, 3.8) is 0 Å². The summed E-state index contributed by atoms with van der Waals surface area (Å²) in [6.07, 6.45) is 3.60. The van der Waals surface area contributed by atoms with Gasteiger partial charge < -0.3 is 19.5 Å². The van der Waals surface area contributed by atoms with E-state index in [4.69, 9.17) is 25.8 Å². The van der Waals surface area contributed by atoms with Gasteiger partial charge in [0.1, 0.15) is 0 Å². The third-order valence-electron chi connectivity index (χ3n) is 7.91. The van der Waals surface area contributed by atoms with Crippen molar-refractivity contribution in [2.24, 2.45) is 22.7 Å². The van der Waals surface area contributed by atoms with Gasteiger partial charge in [-0.05, 0) is 48.0 Å². The Morgan fingerprint density at radius 1 is 1.31 bits per heavy atom. The molecule has 5 nitrogen and oxygen atoms in total. The Morgan fingerprint density at radius 2 is 2.07 bits per heavy atom. The quantitative estimate of drug-likeness (QED) is 0.744. The topological polar surface area (TPSA) is 56.8 Å². The first-order valence-corrected chi connectivity index (χ1v) is 11.0. The zero-order chi connectivity index (χ0) is 21.0. The molecule has 2 aliphatic carbocycles. The normalized spacial score (nSPS) is 34.6. The molecular formula is C23H32ClNO4. The molecule has 0 unspecified atom stereocenters. The van der Waals surface area contributed by atoms with Gasteiger partial charge in [0, 0.05) is 35.7 Å². The highest BCUT2D eigenvalue weighted by Crippen LogP contribution is 2.71. The van der Waals surface area contributed by atoms with E-state index in [9.17, 15) is 4.79 Å². The standard InChI is InChI=1S/C23H32ClNO4/c1-6-18(26)25-21-22(2,3)13-9-16-19(29-8-7-23(16,21)12-13)15-10-14(24)11-17(27-4)20(15)28-5/h10-11,13,16,19,21H,6-9,12H2,1-5H3,(H,25,26)/t13-,16-,19-,21+,23-/m1/s1. The molecular weight excluding hydrogens is 390 g/mol. The highest BCUT2D eigenvalue weighted by molar-refractivity contribution is 6.30. The second-order valence-corrected chi connectivity index (χ2v) is 9.86. The molecule has 0 radical (unpaired) electrons. The van der Waals surface area contributed by atoms with Crippen LogP contribution in [0.2, 0.25) is 5.02 Å². The van der Waals surface area contributed by atoms with E-state index in [1.165, 1.54) is 0 Å². The van der Waals surface area contributed by atoms with Crippen LogP contribution < -0.4 is 14.8 Å². The number of hydrogen-bond acceptors (Lipinski definition) is 4. The summed E-state index contributed by atoms with van der Waals surface area (Å²) >= 11 is 6.41. The van der Waals surface area contributed by atoms with Crippen LogP contribution in [0.15, 0.2) is 12.1 Å². The van der Waals surface area contributed by atoms with Crippen molar-refractivity contribution < 1.29 is 19.0 Å². The lowest BCUT2D eigenvalue weighted by Crippen LogP contribution is -2.58. The zero-order valence-corrected chi connectivity index (χ0v) is 18.8. The van der Waals surface area contributed by atoms with Gasteiger partial charge in [-0.25, -0.2) is 0 Å². The van der Waals surface area contributed by atoms with Crippen molar-refractivity contribution in [2.75, 3.05) is 20.8 Å². The van der Waals surface area contributed by atoms with Crippen molar-refractivity contribution >= 4 is 17.5 Å². The molecule has 1 aromatic rings. The summed E-state index contributed by atoms with van der Waals surface area (Å²) in [7, 11) is 3.28. The van der Waals surface area contributed by atoms with Gasteiger partial charge in [0.2, 0.25) is 5.91 Å². The average Bonchev–Trinajstić information content (AvgIpc) is 3.19. The highest BCUT2D eigenvalue weighted by atomic mass is 35.5. The first kappa shape index (κ1) is 20.8. The molecule has 1 aromatic carbocycles. The predicted octanol–water partition coefficient (Wildman–Crippen LogP) is 4.77. The fourth-order valence-corrected chi connectivity index (χ4v) is 6.75. The van der Waals surface area contributed by atoms with Crippen molar-refractivity contribution in [3.05, 3.63) is 22.7 Å². The number of carbonyl (C=O) groups is 1. The van der Waals surface area contributed by atoms with Gasteiger partial charge in [0.25, 0.3) is 0 Å². The maximum absolute atomic E-state index is 12.4. The van der Waals surface area contributed by atoms with Gasteiger partial charge >= 0.3 is 0 Å². The van der Waals surface area contributed by atoms with Gasteiger partial charge in [0.05, 0.1) is 20.3 Å². The van der Waals surface area contributed by atoms with Gasteiger partial charge in [-0.3, -0.25) is 4.79 Å². The molecule has 2 saturated carbocycles. The molecule has 4 rings (SSSR count). The number of rotatable bonds is 5. The lowest BCUT2D eigenvalue weighted by Gasteiger charge is -2.53. The Bertz CT molecular complexity index is 810. The first-order valence-electron chi connectivity index (χ1n) is 10.6. The molecule has 160 valence electrons. The monoisotopic (exact) mass is 421 g/mol. The Morgan fingerprint density at radius 3 is 2.72 bits per heavy atom. The van der Waals surface area contributed by atoms with E-state index in [1.54, 1.807) is 20.3 Å². The van der Waals surface area contributed by atoms with Crippen LogP contribution in [0.5, 0.6) is 11.5 Å². The molecule has 1 amide bonds.